The molecule has 0 aliphatic heterocycles. The standard InChI is InChI=1S/C20H14F4N8OS/c21-11-3-9(1-2-12(11)29-19-30-13-5-34-6-14(13)31-19)15-10(18(33)26-7-20(22,23)24)4-32-16(15)17(25)27-8-28-32/h1-6,8H,7H2,(H,26,33)(H2,25,27,28)(H2,29,30,31). The number of nitrogens with two attached hydrogens (primary N) is 1. The minimum absolute atomic E-state index is 0.0297. The minimum Gasteiger partial charge on any atom is -0.382 e. The number of benzene rings is 1. The number of anilines is 3. The number of amides is 1. The first-order chi connectivity index (χ1) is 16.2. The molecule has 1 amide bonds. The molecule has 34 heavy (non-hydrogen) atoms. The Morgan fingerprint density at radius 3 is 2.82 bits per heavy atom. The summed E-state index contributed by atoms with van der Waals surface area (Å²) in [5, 5.41) is 12.3. The number of aromatic amines is 1. The molecule has 0 spiro atoms. The highest BCUT2D eigenvalue weighted by Crippen LogP contribution is 2.34. The first-order valence-electron chi connectivity index (χ1n) is 9.65. The van der Waals surface area contributed by atoms with E-state index in [1.165, 1.54) is 34.2 Å². The number of carbonyl (C=O) groups excluding carboxylic acids is 1. The van der Waals surface area contributed by atoms with E-state index in [4.69, 9.17) is 5.73 Å². The van der Waals surface area contributed by atoms with Crippen molar-refractivity contribution in [2.45, 2.75) is 6.18 Å². The van der Waals surface area contributed by atoms with Crippen molar-refractivity contribution in [3.05, 3.63) is 52.9 Å². The van der Waals surface area contributed by atoms with Gasteiger partial charge in [0.1, 0.15) is 29.7 Å². The Labute approximate surface area is 191 Å². The highest BCUT2D eigenvalue weighted by Gasteiger charge is 2.29. The van der Waals surface area contributed by atoms with Crippen LogP contribution in [-0.2, 0) is 0 Å². The average molecular weight is 490 g/mol. The lowest BCUT2D eigenvalue weighted by Crippen LogP contribution is -2.33. The second kappa shape index (κ2) is 7.98. The summed E-state index contributed by atoms with van der Waals surface area (Å²) in [6, 6.07) is 4.05. The number of nitrogens with zero attached hydrogens (tertiary/aromatic N) is 4. The van der Waals surface area contributed by atoms with Crippen molar-refractivity contribution in [3.63, 3.8) is 0 Å². The van der Waals surface area contributed by atoms with Crippen molar-refractivity contribution in [1.29, 1.82) is 0 Å². The molecule has 14 heteroatoms. The predicted octanol–water partition coefficient (Wildman–Crippen LogP) is 4.09. The summed E-state index contributed by atoms with van der Waals surface area (Å²) in [5.74, 6) is -1.40. The van der Waals surface area contributed by atoms with E-state index in [0.29, 0.717) is 5.95 Å². The second-order valence-corrected chi connectivity index (χ2v) is 7.97. The van der Waals surface area contributed by atoms with Crippen LogP contribution in [-0.4, -0.2) is 43.2 Å². The van der Waals surface area contributed by atoms with Gasteiger partial charge in [-0.25, -0.2) is 18.9 Å². The van der Waals surface area contributed by atoms with Crippen LogP contribution in [0.25, 0.3) is 27.7 Å². The molecule has 5 rings (SSSR count). The maximum absolute atomic E-state index is 15.0. The first kappa shape index (κ1) is 21.6. The molecule has 0 radical (unpaired) electrons. The molecular formula is C20H14F4N8OS. The van der Waals surface area contributed by atoms with Gasteiger partial charge in [-0.15, -0.1) is 11.3 Å². The van der Waals surface area contributed by atoms with Crippen LogP contribution in [0.4, 0.5) is 35.0 Å². The van der Waals surface area contributed by atoms with Gasteiger partial charge in [-0.2, -0.15) is 18.3 Å². The SMILES string of the molecule is Nc1ncnn2cc(C(=O)NCC(F)(F)F)c(-c3ccc(Nc4nc5cscc5[nH]4)c(F)c3)c12. The lowest BCUT2D eigenvalue weighted by molar-refractivity contribution is -0.123. The first-order valence-corrected chi connectivity index (χ1v) is 10.6. The van der Waals surface area contributed by atoms with E-state index in [-0.39, 0.29) is 33.7 Å². The van der Waals surface area contributed by atoms with E-state index < -0.39 is 24.4 Å². The Morgan fingerprint density at radius 2 is 2.09 bits per heavy atom. The molecule has 0 fully saturated rings. The Hall–Kier alpha value is -4.20. The summed E-state index contributed by atoms with van der Waals surface area (Å²) >= 11 is 1.48. The molecule has 0 saturated carbocycles. The Balaban J connectivity index is 1.54. The fourth-order valence-electron chi connectivity index (χ4n) is 3.48. The summed E-state index contributed by atoms with van der Waals surface area (Å²) in [6.07, 6.45) is -2.26. The van der Waals surface area contributed by atoms with Gasteiger partial charge >= 0.3 is 6.18 Å². The van der Waals surface area contributed by atoms with E-state index in [1.807, 2.05) is 16.1 Å². The van der Waals surface area contributed by atoms with Crippen LogP contribution >= 0.6 is 11.3 Å². The fraction of sp³-hybridized carbons (Fsp3) is 0.100. The summed E-state index contributed by atoms with van der Waals surface area (Å²) in [7, 11) is 0. The van der Waals surface area contributed by atoms with Gasteiger partial charge < -0.3 is 21.4 Å². The number of imidazole rings is 1. The fourth-order valence-corrected chi connectivity index (χ4v) is 4.17. The third-order valence-electron chi connectivity index (χ3n) is 4.93. The number of alkyl halides is 3. The zero-order valence-corrected chi connectivity index (χ0v) is 17.8. The monoisotopic (exact) mass is 490 g/mol. The van der Waals surface area contributed by atoms with Gasteiger partial charge in [0.25, 0.3) is 5.91 Å². The normalized spacial score (nSPS) is 11.9. The van der Waals surface area contributed by atoms with Crippen molar-refractivity contribution >= 4 is 51.2 Å². The van der Waals surface area contributed by atoms with Crippen molar-refractivity contribution < 1.29 is 22.4 Å². The van der Waals surface area contributed by atoms with Crippen molar-refractivity contribution in [1.82, 2.24) is 29.9 Å². The lowest BCUT2D eigenvalue weighted by atomic mass is 10.0. The zero-order valence-electron chi connectivity index (χ0n) is 16.9. The number of nitrogens with one attached hydrogen (secondary N) is 3. The molecular weight excluding hydrogens is 476 g/mol. The topological polar surface area (TPSA) is 126 Å². The van der Waals surface area contributed by atoms with E-state index in [0.717, 1.165) is 23.4 Å². The molecule has 0 aliphatic carbocycles. The van der Waals surface area contributed by atoms with Gasteiger partial charge in [0.15, 0.2) is 5.82 Å². The largest absolute Gasteiger partial charge is 0.405 e. The van der Waals surface area contributed by atoms with Crippen LogP contribution in [0.2, 0.25) is 0 Å². The molecule has 0 atom stereocenters. The zero-order chi connectivity index (χ0) is 24.0. The quantitative estimate of drug-likeness (QED) is 0.275. The van der Waals surface area contributed by atoms with E-state index >= 15 is 4.39 Å². The van der Waals surface area contributed by atoms with Gasteiger partial charge in [-0.05, 0) is 17.7 Å². The van der Waals surface area contributed by atoms with Crippen LogP contribution in [0, 0.1) is 5.82 Å². The van der Waals surface area contributed by atoms with Gasteiger partial charge in [-0.3, -0.25) is 4.79 Å². The molecule has 0 aliphatic rings. The number of H-pyrrole nitrogens is 1. The van der Waals surface area contributed by atoms with Gasteiger partial charge in [0.2, 0.25) is 5.95 Å². The number of hydrogen-bond donors (Lipinski definition) is 4. The predicted molar refractivity (Wildman–Crippen MR) is 118 cm³/mol. The number of fused-ring (bicyclic) bond motifs is 2. The summed E-state index contributed by atoms with van der Waals surface area (Å²) in [5.41, 5.74) is 7.87. The number of aromatic nitrogens is 5. The number of carbonyl (C=O) groups is 1. The molecule has 9 nitrogen and oxygen atoms in total. The Bertz CT molecular complexity index is 1510. The van der Waals surface area contributed by atoms with Crippen LogP contribution in [0.3, 0.4) is 0 Å². The number of halogens is 4. The molecule has 5 aromatic rings. The van der Waals surface area contributed by atoms with E-state index in [2.05, 4.69) is 25.4 Å². The molecule has 4 aromatic heterocycles. The minimum atomic E-state index is -4.60. The van der Waals surface area contributed by atoms with Crippen molar-refractivity contribution in [2.75, 3.05) is 17.6 Å². The molecule has 5 N–H and O–H groups in total. The molecule has 0 unspecified atom stereocenters. The summed E-state index contributed by atoms with van der Waals surface area (Å²) < 4.78 is 54.1. The van der Waals surface area contributed by atoms with Gasteiger partial charge in [-0.1, -0.05) is 6.07 Å². The van der Waals surface area contributed by atoms with Crippen LogP contribution in [0.15, 0.2) is 41.5 Å². The van der Waals surface area contributed by atoms with Crippen LogP contribution < -0.4 is 16.4 Å². The summed E-state index contributed by atoms with van der Waals surface area (Å²) in [4.78, 5) is 23.8. The van der Waals surface area contributed by atoms with E-state index in [9.17, 15) is 18.0 Å². The second-order valence-electron chi connectivity index (χ2n) is 7.23. The van der Waals surface area contributed by atoms with Crippen LogP contribution in [0.5, 0.6) is 0 Å². The highest BCUT2D eigenvalue weighted by molar-refractivity contribution is 7.09. The Morgan fingerprint density at radius 1 is 1.26 bits per heavy atom. The maximum atomic E-state index is 15.0. The van der Waals surface area contributed by atoms with Crippen molar-refractivity contribution in [3.8, 4) is 11.1 Å². The number of rotatable bonds is 5. The maximum Gasteiger partial charge on any atom is 0.405 e. The molecule has 174 valence electrons. The molecule has 0 saturated heterocycles. The van der Waals surface area contributed by atoms with Gasteiger partial charge in [0, 0.05) is 22.5 Å². The van der Waals surface area contributed by atoms with Gasteiger partial charge in [0.05, 0.1) is 16.8 Å². The molecule has 1 aromatic carbocycles. The highest BCUT2D eigenvalue weighted by atomic mass is 32.1. The lowest BCUT2D eigenvalue weighted by Gasteiger charge is -2.11. The number of hydrogen-bond acceptors (Lipinski definition) is 7. The molecule has 0 bridgehead atoms. The van der Waals surface area contributed by atoms with E-state index in [1.54, 1.807) is 0 Å². The Kier molecular flexibility index (Phi) is 5.08. The number of thiophene rings is 1. The average Bonchev–Trinajstić information content (AvgIpc) is 3.46. The van der Waals surface area contributed by atoms with Crippen LogP contribution in [0.1, 0.15) is 10.4 Å². The smallest absolute Gasteiger partial charge is 0.382 e. The summed E-state index contributed by atoms with van der Waals surface area (Å²) in [6.45, 7) is -1.53. The molecule has 4 heterocycles. The third kappa shape index (κ3) is 3.98. The van der Waals surface area contributed by atoms with Crippen molar-refractivity contribution in [2.24, 2.45) is 0 Å². The number of nitrogen functional groups attached to an aromatic ring is 1. The third-order valence-corrected chi connectivity index (χ3v) is 5.66.